The van der Waals surface area contributed by atoms with Crippen LogP contribution in [-0.2, 0) is 6.54 Å². The van der Waals surface area contributed by atoms with Crippen LogP contribution in [0.5, 0.6) is 0 Å². The molecule has 0 saturated heterocycles. The van der Waals surface area contributed by atoms with E-state index in [1.165, 1.54) is 37.7 Å². The molecule has 0 amide bonds. The Hall–Kier alpha value is -0.340. The lowest BCUT2D eigenvalue weighted by molar-refractivity contribution is 0.404. The van der Waals surface area contributed by atoms with Crippen LogP contribution in [0.2, 0.25) is 0 Å². The molecule has 84 valence electrons. The number of hydrogen-bond donors (Lipinski definition) is 1. The average molecular weight is 223 g/mol. The fourth-order valence-electron chi connectivity index (χ4n) is 2.51. The summed E-state index contributed by atoms with van der Waals surface area (Å²) in [7, 11) is 0. The second kappa shape index (κ2) is 5.66. The molecule has 0 bridgehead atoms. The first-order chi connectivity index (χ1) is 7.34. The maximum atomic E-state index is 3.62. The van der Waals surface area contributed by atoms with Crippen LogP contribution in [0.1, 0.15) is 44.6 Å². The van der Waals surface area contributed by atoms with E-state index in [9.17, 15) is 0 Å². The highest BCUT2D eigenvalue weighted by Gasteiger charge is 2.17. The van der Waals surface area contributed by atoms with E-state index in [0.29, 0.717) is 6.04 Å². The van der Waals surface area contributed by atoms with Gasteiger partial charge in [-0.05, 0) is 41.7 Å². The van der Waals surface area contributed by atoms with Gasteiger partial charge in [-0.1, -0.05) is 25.7 Å². The smallest absolute Gasteiger partial charge is 0.0216 e. The van der Waals surface area contributed by atoms with Gasteiger partial charge in [0.1, 0.15) is 0 Å². The van der Waals surface area contributed by atoms with Crippen LogP contribution in [0.25, 0.3) is 0 Å². The summed E-state index contributed by atoms with van der Waals surface area (Å²) >= 11 is 1.78. The summed E-state index contributed by atoms with van der Waals surface area (Å²) in [5.74, 6) is 0.995. The van der Waals surface area contributed by atoms with Crippen LogP contribution in [0, 0.1) is 5.92 Å². The Morgan fingerprint density at radius 2 is 2.27 bits per heavy atom. The molecular weight excluding hydrogens is 202 g/mol. The van der Waals surface area contributed by atoms with Gasteiger partial charge < -0.3 is 5.32 Å². The molecule has 1 nitrogen and oxygen atoms in total. The monoisotopic (exact) mass is 223 g/mol. The minimum Gasteiger partial charge on any atom is -0.310 e. The second-order valence-electron chi connectivity index (χ2n) is 4.80. The Balaban J connectivity index is 1.66. The van der Waals surface area contributed by atoms with Crippen molar-refractivity contribution in [2.24, 2.45) is 5.92 Å². The van der Waals surface area contributed by atoms with Crippen molar-refractivity contribution in [2.45, 2.75) is 51.6 Å². The molecular formula is C13H21NS. The number of nitrogens with one attached hydrogen (secondary N) is 1. The molecule has 1 N–H and O–H groups in total. The lowest BCUT2D eigenvalue weighted by Gasteiger charge is -2.17. The third kappa shape index (κ3) is 3.62. The van der Waals surface area contributed by atoms with Gasteiger partial charge >= 0.3 is 0 Å². The molecule has 1 heterocycles. The predicted octanol–water partition coefficient (Wildman–Crippen LogP) is 3.81. The third-order valence-corrected chi connectivity index (χ3v) is 4.13. The normalized spacial score (nSPS) is 19.5. The number of thiophene rings is 1. The summed E-state index contributed by atoms with van der Waals surface area (Å²) < 4.78 is 0. The van der Waals surface area contributed by atoms with Gasteiger partial charge in [-0.25, -0.2) is 0 Å². The molecule has 2 heteroatoms. The van der Waals surface area contributed by atoms with Gasteiger partial charge in [-0.3, -0.25) is 0 Å². The summed E-state index contributed by atoms with van der Waals surface area (Å²) in [5.41, 5.74) is 1.43. The standard InChI is InChI=1S/C13H21NS/c1-11(8-12-4-2-3-5-12)14-9-13-6-7-15-10-13/h6-7,10-12,14H,2-5,8-9H2,1H3. The summed E-state index contributed by atoms with van der Waals surface area (Å²) in [6, 6.07) is 2.88. The Morgan fingerprint density at radius 1 is 1.47 bits per heavy atom. The fraction of sp³-hybridized carbons (Fsp3) is 0.692. The van der Waals surface area contributed by atoms with E-state index in [1.54, 1.807) is 11.3 Å². The lowest BCUT2D eigenvalue weighted by atomic mass is 9.99. The predicted molar refractivity (Wildman–Crippen MR) is 67.2 cm³/mol. The van der Waals surface area contributed by atoms with E-state index in [-0.39, 0.29) is 0 Å². The zero-order valence-corrected chi connectivity index (χ0v) is 10.4. The summed E-state index contributed by atoms with van der Waals surface area (Å²) in [6.07, 6.45) is 7.21. The van der Waals surface area contributed by atoms with Crippen LogP contribution in [0.4, 0.5) is 0 Å². The molecule has 0 aromatic carbocycles. The zero-order valence-electron chi connectivity index (χ0n) is 9.54. The number of rotatable bonds is 5. The third-order valence-electron chi connectivity index (χ3n) is 3.40. The van der Waals surface area contributed by atoms with E-state index < -0.39 is 0 Å². The summed E-state index contributed by atoms with van der Waals surface area (Å²) in [6.45, 7) is 3.36. The van der Waals surface area contributed by atoms with E-state index in [2.05, 4.69) is 29.1 Å². The molecule has 0 radical (unpaired) electrons. The Kier molecular flexibility index (Phi) is 4.21. The molecule has 2 rings (SSSR count). The van der Waals surface area contributed by atoms with Gasteiger partial charge in [0.05, 0.1) is 0 Å². The average Bonchev–Trinajstić information content (AvgIpc) is 2.86. The molecule has 1 aliphatic carbocycles. The van der Waals surface area contributed by atoms with Gasteiger partial charge in [0.25, 0.3) is 0 Å². The first-order valence-corrected chi connectivity index (χ1v) is 7.03. The molecule has 1 aliphatic rings. The second-order valence-corrected chi connectivity index (χ2v) is 5.58. The molecule has 1 unspecified atom stereocenters. The van der Waals surface area contributed by atoms with E-state index >= 15 is 0 Å². The molecule has 1 aromatic rings. The van der Waals surface area contributed by atoms with Gasteiger partial charge in [-0.2, -0.15) is 11.3 Å². The summed E-state index contributed by atoms with van der Waals surface area (Å²) in [4.78, 5) is 0. The van der Waals surface area contributed by atoms with Gasteiger partial charge in [0.2, 0.25) is 0 Å². The lowest BCUT2D eigenvalue weighted by Crippen LogP contribution is -2.27. The van der Waals surface area contributed by atoms with Crippen molar-refractivity contribution < 1.29 is 0 Å². The number of hydrogen-bond acceptors (Lipinski definition) is 2. The molecule has 1 fully saturated rings. The molecule has 1 saturated carbocycles. The van der Waals surface area contributed by atoms with Crippen LogP contribution >= 0.6 is 11.3 Å². The highest BCUT2D eigenvalue weighted by molar-refractivity contribution is 7.07. The highest BCUT2D eigenvalue weighted by atomic mass is 32.1. The van der Waals surface area contributed by atoms with E-state index in [4.69, 9.17) is 0 Å². The van der Waals surface area contributed by atoms with Crippen molar-refractivity contribution in [3.63, 3.8) is 0 Å². The Morgan fingerprint density at radius 3 is 2.93 bits per heavy atom. The van der Waals surface area contributed by atoms with Crippen LogP contribution < -0.4 is 5.32 Å². The van der Waals surface area contributed by atoms with Crippen molar-refractivity contribution >= 4 is 11.3 Å². The van der Waals surface area contributed by atoms with Crippen molar-refractivity contribution in [1.82, 2.24) is 5.32 Å². The van der Waals surface area contributed by atoms with Crippen molar-refractivity contribution in [3.8, 4) is 0 Å². The SMILES string of the molecule is CC(CC1CCCC1)NCc1ccsc1. The van der Waals surface area contributed by atoms with E-state index in [1.807, 2.05) is 0 Å². The molecule has 0 spiro atoms. The highest BCUT2D eigenvalue weighted by Crippen LogP contribution is 2.28. The molecule has 1 atom stereocenters. The first kappa shape index (κ1) is 11.2. The van der Waals surface area contributed by atoms with Gasteiger partial charge in [0.15, 0.2) is 0 Å². The topological polar surface area (TPSA) is 12.0 Å². The quantitative estimate of drug-likeness (QED) is 0.800. The maximum Gasteiger partial charge on any atom is 0.0216 e. The molecule has 0 aliphatic heterocycles. The van der Waals surface area contributed by atoms with Gasteiger partial charge in [0, 0.05) is 12.6 Å². The minimum absolute atomic E-state index is 0.674. The summed E-state index contributed by atoms with van der Waals surface area (Å²) in [5, 5.41) is 8.00. The molecule has 1 aromatic heterocycles. The Labute approximate surface area is 96.9 Å². The first-order valence-electron chi connectivity index (χ1n) is 6.09. The minimum atomic E-state index is 0.674. The van der Waals surface area contributed by atoms with Crippen LogP contribution in [-0.4, -0.2) is 6.04 Å². The maximum absolute atomic E-state index is 3.62. The van der Waals surface area contributed by atoms with Crippen LogP contribution in [0.15, 0.2) is 16.8 Å². The fourth-order valence-corrected chi connectivity index (χ4v) is 3.18. The molecule has 15 heavy (non-hydrogen) atoms. The van der Waals surface area contributed by atoms with Crippen molar-refractivity contribution in [2.75, 3.05) is 0 Å². The van der Waals surface area contributed by atoms with Gasteiger partial charge in [-0.15, -0.1) is 0 Å². The van der Waals surface area contributed by atoms with Crippen LogP contribution in [0.3, 0.4) is 0 Å². The van der Waals surface area contributed by atoms with E-state index in [0.717, 1.165) is 12.5 Å². The largest absolute Gasteiger partial charge is 0.310 e. The van der Waals surface area contributed by atoms with Crippen molar-refractivity contribution in [1.29, 1.82) is 0 Å². The Bertz CT molecular complexity index is 262. The van der Waals surface area contributed by atoms with Crippen molar-refractivity contribution in [3.05, 3.63) is 22.4 Å². The zero-order chi connectivity index (χ0) is 10.5.